The van der Waals surface area contributed by atoms with Gasteiger partial charge in [-0.05, 0) is 61.6 Å². The van der Waals surface area contributed by atoms with Crippen molar-refractivity contribution in [3.05, 3.63) is 28.2 Å². The highest BCUT2D eigenvalue weighted by atomic mass is 79.9. The van der Waals surface area contributed by atoms with Crippen LogP contribution in [0.3, 0.4) is 0 Å². The molecule has 1 nitrogen and oxygen atoms in total. The van der Waals surface area contributed by atoms with Crippen LogP contribution >= 0.6 is 15.9 Å². The maximum absolute atomic E-state index is 3.77. The molecule has 1 saturated carbocycles. The fraction of sp³-hybridized carbons (Fsp3) is 0.667. The summed E-state index contributed by atoms with van der Waals surface area (Å²) in [5.41, 5.74) is 3.07. The third kappa shape index (κ3) is 4.00. The minimum atomic E-state index is 0.459. The van der Waals surface area contributed by atoms with Gasteiger partial charge in [0.15, 0.2) is 0 Å². The molecule has 20 heavy (non-hydrogen) atoms. The Hall–Kier alpha value is -0.500. The van der Waals surface area contributed by atoms with Crippen molar-refractivity contribution in [1.82, 2.24) is 0 Å². The van der Waals surface area contributed by atoms with Gasteiger partial charge in [0, 0.05) is 16.2 Å². The molecule has 0 aromatic heterocycles. The van der Waals surface area contributed by atoms with Crippen LogP contribution in [0.5, 0.6) is 0 Å². The summed E-state index contributed by atoms with van der Waals surface area (Å²) in [5, 5.41) is 3.77. The fourth-order valence-corrected chi connectivity index (χ4v) is 3.66. The first-order valence-electron chi connectivity index (χ1n) is 7.89. The molecule has 0 bridgehead atoms. The third-order valence-corrected chi connectivity index (χ3v) is 5.68. The Kier molecular flexibility index (Phi) is 5.17. The summed E-state index contributed by atoms with van der Waals surface area (Å²) in [6.07, 6.45) is 6.70. The molecule has 2 rings (SSSR count). The van der Waals surface area contributed by atoms with E-state index in [4.69, 9.17) is 0 Å². The molecule has 1 aliphatic rings. The Morgan fingerprint density at radius 1 is 1.10 bits per heavy atom. The summed E-state index contributed by atoms with van der Waals surface area (Å²) in [6, 6.07) is 7.07. The SMILES string of the molecule is Cc1c(Br)cccc1NC1CCCC(C(C)(C)C)CC1. The van der Waals surface area contributed by atoms with Gasteiger partial charge >= 0.3 is 0 Å². The van der Waals surface area contributed by atoms with Gasteiger partial charge in [0.25, 0.3) is 0 Å². The fourth-order valence-electron chi connectivity index (χ4n) is 3.30. The van der Waals surface area contributed by atoms with E-state index in [9.17, 15) is 0 Å². The van der Waals surface area contributed by atoms with Crippen LogP contribution in [0, 0.1) is 18.3 Å². The van der Waals surface area contributed by atoms with E-state index in [-0.39, 0.29) is 0 Å². The molecule has 1 N–H and O–H groups in total. The van der Waals surface area contributed by atoms with Gasteiger partial charge in [-0.15, -0.1) is 0 Å². The second-order valence-electron chi connectivity index (χ2n) is 7.32. The standard InChI is InChI=1S/C18H28BrN/c1-13-16(19)9-6-10-17(13)20-15-8-5-7-14(11-12-15)18(2,3)4/h6,9-10,14-15,20H,5,7-8,11-12H2,1-4H3. The number of benzene rings is 1. The number of anilines is 1. The lowest BCUT2D eigenvalue weighted by Gasteiger charge is -2.29. The first-order chi connectivity index (χ1) is 9.38. The van der Waals surface area contributed by atoms with Crippen LogP contribution in [-0.4, -0.2) is 6.04 Å². The lowest BCUT2D eigenvalue weighted by molar-refractivity contribution is 0.214. The number of halogens is 1. The van der Waals surface area contributed by atoms with Crippen LogP contribution in [0.2, 0.25) is 0 Å². The molecule has 2 atom stereocenters. The maximum Gasteiger partial charge on any atom is 0.0383 e. The maximum atomic E-state index is 3.77. The molecule has 2 unspecified atom stereocenters. The number of rotatable bonds is 2. The summed E-state index contributed by atoms with van der Waals surface area (Å²) in [4.78, 5) is 0. The highest BCUT2D eigenvalue weighted by Crippen LogP contribution is 2.37. The van der Waals surface area contributed by atoms with Crippen LogP contribution in [0.4, 0.5) is 5.69 Å². The third-order valence-electron chi connectivity index (χ3n) is 4.82. The van der Waals surface area contributed by atoms with Crippen LogP contribution in [0.15, 0.2) is 22.7 Å². The topological polar surface area (TPSA) is 12.0 Å². The summed E-state index contributed by atoms with van der Waals surface area (Å²) in [7, 11) is 0. The van der Waals surface area contributed by atoms with E-state index in [1.807, 2.05) is 0 Å². The molecule has 0 saturated heterocycles. The second kappa shape index (κ2) is 6.51. The van der Waals surface area contributed by atoms with Gasteiger partial charge in [-0.2, -0.15) is 0 Å². The number of nitrogens with one attached hydrogen (secondary N) is 1. The Bertz CT molecular complexity index is 447. The average Bonchev–Trinajstić information content (AvgIpc) is 2.60. The van der Waals surface area contributed by atoms with Crippen LogP contribution in [-0.2, 0) is 0 Å². The predicted molar refractivity (Wildman–Crippen MR) is 92.3 cm³/mol. The van der Waals surface area contributed by atoms with E-state index >= 15 is 0 Å². The van der Waals surface area contributed by atoms with Gasteiger partial charge < -0.3 is 5.32 Å². The molecule has 1 aromatic carbocycles. The Morgan fingerprint density at radius 3 is 2.55 bits per heavy atom. The first-order valence-corrected chi connectivity index (χ1v) is 8.69. The molecular weight excluding hydrogens is 310 g/mol. The molecule has 112 valence electrons. The Morgan fingerprint density at radius 2 is 1.85 bits per heavy atom. The molecular formula is C18H28BrN. The summed E-state index contributed by atoms with van der Waals surface area (Å²) < 4.78 is 1.20. The number of hydrogen-bond acceptors (Lipinski definition) is 1. The Balaban J connectivity index is 1.99. The van der Waals surface area contributed by atoms with Gasteiger partial charge in [-0.1, -0.05) is 49.2 Å². The van der Waals surface area contributed by atoms with E-state index in [0.29, 0.717) is 11.5 Å². The molecule has 1 fully saturated rings. The second-order valence-corrected chi connectivity index (χ2v) is 8.18. The van der Waals surface area contributed by atoms with Crippen molar-refractivity contribution in [2.45, 2.75) is 65.8 Å². The minimum Gasteiger partial charge on any atom is -0.382 e. The molecule has 0 spiro atoms. The number of hydrogen-bond donors (Lipinski definition) is 1. The van der Waals surface area contributed by atoms with Gasteiger partial charge in [0.05, 0.1) is 0 Å². The van der Waals surface area contributed by atoms with Crippen molar-refractivity contribution in [2.75, 3.05) is 5.32 Å². The zero-order valence-electron chi connectivity index (χ0n) is 13.3. The average molecular weight is 338 g/mol. The molecule has 0 heterocycles. The van der Waals surface area contributed by atoms with E-state index in [1.54, 1.807) is 0 Å². The lowest BCUT2D eigenvalue weighted by Crippen LogP contribution is -2.22. The van der Waals surface area contributed by atoms with E-state index < -0.39 is 0 Å². The van der Waals surface area contributed by atoms with Crippen molar-refractivity contribution in [1.29, 1.82) is 0 Å². The molecule has 0 aliphatic heterocycles. The molecule has 1 aromatic rings. The summed E-state index contributed by atoms with van der Waals surface area (Å²) >= 11 is 3.62. The van der Waals surface area contributed by atoms with E-state index in [1.165, 1.54) is 47.8 Å². The first kappa shape index (κ1) is 15.9. The molecule has 2 heteroatoms. The van der Waals surface area contributed by atoms with Gasteiger partial charge in [-0.3, -0.25) is 0 Å². The van der Waals surface area contributed by atoms with Crippen LogP contribution in [0.1, 0.15) is 58.4 Å². The monoisotopic (exact) mass is 337 g/mol. The van der Waals surface area contributed by atoms with Crippen molar-refractivity contribution >= 4 is 21.6 Å². The van der Waals surface area contributed by atoms with Crippen molar-refractivity contribution in [3.8, 4) is 0 Å². The largest absolute Gasteiger partial charge is 0.382 e. The lowest BCUT2D eigenvalue weighted by atomic mass is 9.76. The highest BCUT2D eigenvalue weighted by molar-refractivity contribution is 9.10. The van der Waals surface area contributed by atoms with Gasteiger partial charge in [0.1, 0.15) is 0 Å². The van der Waals surface area contributed by atoms with Crippen molar-refractivity contribution in [3.63, 3.8) is 0 Å². The van der Waals surface area contributed by atoms with Gasteiger partial charge in [0.2, 0.25) is 0 Å². The smallest absolute Gasteiger partial charge is 0.0383 e. The van der Waals surface area contributed by atoms with Gasteiger partial charge in [-0.25, -0.2) is 0 Å². The summed E-state index contributed by atoms with van der Waals surface area (Å²) in [5.74, 6) is 0.873. The van der Waals surface area contributed by atoms with Crippen LogP contribution < -0.4 is 5.32 Å². The predicted octanol–water partition coefficient (Wildman–Crippen LogP) is 6.16. The van der Waals surface area contributed by atoms with Crippen LogP contribution in [0.25, 0.3) is 0 Å². The van der Waals surface area contributed by atoms with Crippen molar-refractivity contribution in [2.24, 2.45) is 11.3 Å². The van der Waals surface area contributed by atoms with E-state index in [2.05, 4.69) is 67.1 Å². The Labute approximate surface area is 132 Å². The molecule has 1 aliphatic carbocycles. The van der Waals surface area contributed by atoms with Crippen molar-refractivity contribution < 1.29 is 0 Å². The highest BCUT2D eigenvalue weighted by Gasteiger charge is 2.27. The van der Waals surface area contributed by atoms with E-state index in [0.717, 1.165) is 5.92 Å². The normalized spacial score (nSPS) is 24.2. The molecule has 0 radical (unpaired) electrons. The quantitative estimate of drug-likeness (QED) is 0.636. The molecule has 0 amide bonds. The zero-order chi connectivity index (χ0) is 14.8. The minimum absolute atomic E-state index is 0.459. The summed E-state index contributed by atoms with van der Waals surface area (Å²) in [6.45, 7) is 9.36. The zero-order valence-corrected chi connectivity index (χ0v) is 14.9.